The molecule has 0 aliphatic carbocycles. The second-order valence-electron chi connectivity index (χ2n) is 8.77. The van der Waals surface area contributed by atoms with Crippen molar-refractivity contribution in [3.05, 3.63) is 53.1 Å². The highest BCUT2D eigenvalue weighted by Crippen LogP contribution is 2.16. The number of hydrogen-bond donors (Lipinski definition) is 0. The Morgan fingerprint density at radius 2 is 1.62 bits per heavy atom. The highest BCUT2D eigenvalue weighted by Gasteiger charge is 2.21. The predicted molar refractivity (Wildman–Crippen MR) is 154 cm³/mol. The Bertz CT molecular complexity index is 1250. The number of hydrogen-bond acceptors (Lipinski definition) is 3. The zero-order valence-electron chi connectivity index (χ0n) is 22.9. The molecule has 37 heavy (non-hydrogen) atoms. The summed E-state index contributed by atoms with van der Waals surface area (Å²) in [6.07, 6.45) is 9.59. The Kier molecular flexibility index (Phi) is 16.1. The number of rotatable bonds is 12. The molecule has 4 nitrogen and oxygen atoms in total. The van der Waals surface area contributed by atoms with Crippen molar-refractivity contribution in [1.82, 2.24) is 4.31 Å². The maximum Gasteiger partial charge on any atom is 0.271 e. The molecule has 1 rings (SSSR count). The third-order valence-corrected chi connectivity index (χ3v) is 6.81. The lowest BCUT2D eigenvalue weighted by molar-refractivity contribution is 0.198. The van der Waals surface area contributed by atoms with Crippen LogP contribution in [0.1, 0.15) is 71.8 Å². The van der Waals surface area contributed by atoms with Crippen LogP contribution in [-0.4, -0.2) is 32.5 Å². The second-order valence-corrected chi connectivity index (χ2v) is 10.6. The summed E-state index contributed by atoms with van der Waals surface area (Å²) in [6, 6.07) is 9.37. The van der Waals surface area contributed by atoms with Gasteiger partial charge in [0.25, 0.3) is 10.0 Å². The normalized spacial score (nSPS) is 10.4. The monoisotopic (exact) mass is 517 g/mol. The SMILES string of the molecule is CCCCC#CC#CCCN(C#CC#CCOC/C=C(\C)CCC=C(C)C)S(=O)(=O)c1ccc(C)cc1. The summed E-state index contributed by atoms with van der Waals surface area (Å²) in [7, 11) is -3.80. The number of benzene rings is 1. The maximum absolute atomic E-state index is 13.1. The van der Waals surface area contributed by atoms with E-state index in [1.165, 1.54) is 11.1 Å². The average Bonchev–Trinajstić information content (AvgIpc) is 2.85. The van der Waals surface area contributed by atoms with E-state index in [1.807, 2.05) is 6.92 Å². The minimum atomic E-state index is -3.80. The standard InChI is InChI=1S/C32H39NO3S/c1-6-7-8-9-10-11-12-14-25-33(37(34,35)32-22-20-31(5)21-23-32)26-15-13-16-27-36-28-24-30(4)19-17-18-29(2)3/h18,20-24H,6-8,14,17,19,25,27-28H2,1-5H3/b30-24+. The molecule has 0 fully saturated rings. The molecule has 1 aromatic carbocycles. The molecule has 0 bridgehead atoms. The quantitative estimate of drug-likeness (QED) is 0.143. The van der Waals surface area contributed by atoms with Gasteiger partial charge in [-0.2, -0.15) is 0 Å². The smallest absolute Gasteiger partial charge is 0.271 e. The molecule has 0 saturated heterocycles. The van der Waals surface area contributed by atoms with E-state index in [-0.39, 0.29) is 18.0 Å². The van der Waals surface area contributed by atoms with Gasteiger partial charge in [0.05, 0.1) is 18.0 Å². The predicted octanol–water partition coefficient (Wildman–Crippen LogP) is 6.25. The van der Waals surface area contributed by atoms with Gasteiger partial charge in [0.1, 0.15) is 6.61 Å². The topological polar surface area (TPSA) is 46.6 Å². The van der Waals surface area contributed by atoms with Crippen LogP contribution in [0.3, 0.4) is 0 Å². The van der Waals surface area contributed by atoms with Gasteiger partial charge in [-0.3, -0.25) is 0 Å². The average molecular weight is 518 g/mol. The molecule has 1 aromatic rings. The van der Waals surface area contributed by atoms with E-state index in [1.54, 1.807) is 24.3 Å². The highest BCUT2D eigenvalue weighted by atomic mass is 32.2. The number of aryl methyl sites for hydroxylation is 1. The Morgan fingerprint density at radius 3 is 2.30 bits per heavy atom. The van der Waals surface area contributed by atoms with Crippen LogP contribution in [0, 0.1) is 54.4 Å². The Balaban J connectivity index is 2.77. The van der Waals surface area contributed by atoms with Crippen molar-refractivity contribution in [2.45, 2.75) is 78.0 Å². The number of allylic oxidation sites excluding steroid dienone is 3. The van der Waals surface area contributed by atoms with Gasteiger partial charge in [0, 0.05) is 24.8 Å². The minimum Gasteiger partial charge on any atom is -0.365 e. The van der Waals surface area contributed by atoms with E-state index in [2.05, 4.69) is 87.3 Å². The molecule has 0 spiro atoms. The summed E-state index contributed by atoms with van der Waals surface area (Å²) in [6.45, 7) is 11.1. The molecule has 5 heteroatoms. The molecular formula is C32H39NO3S. The van der Waals surface area contributed by atoms with E-state index in [0.29, 0.717) is 13.0 Å². The van der Waals surface area contributed by atoms with Gasteiger partial charge in [-0.25, -0.2) is 12.7 Å². The first kappa shape index (κ1) is 31.7. The van der Waals surface area contributed by atoms with E-state index >= 15 is 0 Å². The molecular weight excluding hydrogens is 478 g/mol. The van der Waals surface area contributed by atoms with Gasteiger partial charge in [0.15, 0.2) is 0 Å². The number of sulfonamides is 1. The maximum atomic E-state index is 13.1. The van der Waals surface area contributed by atoms with Crippen LogP contribution in [0.2, 0.25) is 0 Å². The fraction of sp³-hybridized carbons (Fsp3) is 0.438. The summed E-state index contributed by atoms with van der Waals surface area (Å²) < 4.78 is 32.9. The van der Waals surface area contributed by atoms with Gasteiger partial charge < -0.3 is 4.74 Å². The van der Waals surface area contributed by atoms with Crippen LogP contribution in [0.15, 0.2) is 52.5 Å². The lowest BCUT2D eigenvalue weighted by Crippen LogP contribution is -2.27. The summed E-state index contributed by atoms with van der Waals surface area (Å²) in [5.41, 5.74) is 3.58. The lowest BCUT2D eigenvalue weighted by atomic mass is 10.1. The molecule has 0 saturated carbocycles. The fourth-order valence-electron chi connectivity index (χ4n) is 2.88. The van der Waals surface area contributed by atoms with Crippen LogP contribution >= 0.6 is 0 Å². The van der Waals surface area contributed by atoms with Gasteiger partial charge >= 0.3 is 0 Å². The van der Waals surface area contributed by atoms with Crippen LogP contribution in [0.4, 0.5) is 0 Å². The summed E-state index contributed by atoms with van der Waals surface area (Å²) in [4.78, 5) is 0.183. The van der Waals surface area contributed by atoms with Crippen molar-refractivity contribution in [2.75, 3.05) is 19.8 Å². The zero-order valence-corrected chi connectivity index (χ0v) is 23.7. The molecule has 0 unspecified atom stereocenters. The lowest BCUT2D eigenvalue weighted by Gasteiger charge is -2.16. The Morgan fingerprint density at radius 1 is 0.946 bits per heavy atom. The molecule has 0 aliphatic heterocycles. The number of nitrogens with zero attached hydrogens (tertiary/aromatic N) is 1. The molecule has 0 N–H and O–H groups in total. The summed E-state index contributed by atoms with van der Waals surface area (Å²) in [5, 5.41) is 0. The van der Waals surface area contributed by atoms with Crippen LogP contribution in [0.25, 0.3) is 0 Å². The first-order valence-electron chi connectivity index (χ1n) is 12.7. The molecule has 0 heterocycles. The van der Waals surface area contributed by atoms with Crippen LogP contribution in [-0.2, 0) is 14.8 Å². The Labute approximate surface area is 225 Å². The summed E-state index contributed by atoms with van der Waals surface area (Å²) >= 11 is 0. The molecule has 0 atom stereocenters. The summed E-state index contributed by atoms with van der Waals surface area (Å²) in [5.74, 6) is 19.7. The van der Waals surface area contributed by atoms with Crippen LogP contribution < -0.4 is 0 Å². The first-order chi connectivity index (χ1) is 17.8. The van der Waals surface area contributed by atoms with E-state index in [4.69, 9.17) is 4.74 Å². The number of ether oxygens (including phenoxy) is 1. The van der Waals surface area contributed by atoms with Crippen molar-refractivity contribution in [3.63, 3.8) is 0 Å². The first-order valence-corrected chi connectivity index (χ1v) is 14.1. The largest absolute Gasteiger partial charge is 0.365 e. The van der Waals surface area contributed by atoms with Gasteiger partial charge in [0.2, 0.25) is 0 Å². The van der Waals surface area contributed by atoms with E-state index < -0.39 is 10.0 Å². The van der Waals surface area contributed by atoms with Crippen LogP contribution in [0.5, 0.6) is 0 Å². The highest BCUT2D eigenvalue weighted by molar-refractivity contribution is 7.89. The molecule has 0 radical (unpaired) electrons. The van der Waals surface area contributed by atoms with Crippen molar-refractivity contribution < 1.29 is 13.2 Å². The Hall–Kier alpha value is -3.35. The third-order valence-electron chi connectivity index (χ3n) is 5.09. The molecule has 196 valence electrons. The number of unbranched alkanes of at least 4 members (excludes halogenated alkanes) is 2. The second kappa shape index (κ2) is 18.9. The van der Waals surface area contributed by atoms with E-state index in [0.717, 1.165) is 42.0 Å². The van der Waals surface area contributed by atoms with Gasteiger partial charge in [-0.1, -0.05) is 72.1 Å². The fourth-order valence-corrected chi connectivity index (χ4v) is 4.11. The van der Waals surface area contributed by atoms with Gasteiger partial charge in [-0.05, 0) is 76.9 Å². The zero-order chi connectivity index (χ0) is 27.4. The van der Waals surface area contributed by atoms with Gasteiger partial charge in [-0.15, -0.1) is 0 Å². The van der Waals surface area contributed by atoms with Crippen molar-refractivity contribution in [2.24, 2.45) is 0 Å². The minimum absolute atomic E-state index is 0.127. The third kappa shape index (κ3) is 14.7. The van der Waals surface area contributed by atoms with Crippen molar-refractivity contribution >= 4 is 10.0 Å². The van der Waals surface area contributed by atoms with Crippen molar-refractivity contribution in [3.8, 4) is 47.5 Å². The van der Waals surface area contributed by atoms with Crippen molar-refractivity contribution in [1.29, 1.82) is 0 Å². The molecule has 0 aromatic heterocycles. The molecule has 0 aliphatic rings. The molecule has 0 amide bonds. The van der Waals surface area contributed by atoms with E-state index in [9.17, 15) is 8.42 Å².